The van der Waals surface area contributed by atoms with E-state index in [0.717, 1.165) is 4.90 Å². The number of rotatable bonds is 3. The lowest BCUT2D eigenvalue weighted by Gasteiger charge is -2.46. The molecule has 2 unspecified atom stereocenters. The Kier molecular flexibility index (Phi) is 4.61. The van der Waals surface area contributed by atoms with E-state index in [1.165, 1.54) is 7.05 Å². The van der Waals surface area contributed by atoms with Gasteiger partial charge < -0.3 is 14.4 Å². The minimum atomic E-state index is -3.11. The number of ether oxygens (including phenoxy) is 2. The predicted octanol–water partition coefficient (Wildman–Crippen LogP) is 2.44. The van der Waals surface area contributed by atoms with Gasteiger partial charge in [0.25, 0.3) is 5.92 Å². The molecule has 116 valence electrons. The van der Waals surface area contributed by atoms with Gasteiger partial charge in [-0.25, -0.2) is 13.6 Å². The lowest BCUT2D eigenvalue weighted by atomic mass is 9.75. The van der Waals surface area contributed by atoms with Crippen molar-refractivity contribution in [1.82, 2.24) is 4.90 Å². The molecule has 1 aliphatic rings. The van der Waals surface area contributed by atoms with Crippen LogP contribution in [0, 0.1) is 5.92 Å². The van der Waals surface area contributed by atoms with E-state index in [2.05, 4.69) is 0 Å². The number of hydrogen-bond donors (Lipinski definition) is 0. The molecule has 0 saturated heterocycles. The molecule has 0 aliphatic heterocycles. The number of carbonyl (C=O) groups excluding carboxylic acids is 2. The molecule has 0 heterocycles. The summed E-state index contributed by atoms with van der Waals surface area (Å²) >= 11 is 0. The highest BCUT2D eigenvalue weighted by Gasteiger charge is 2.62. The van der Waals surface area contributed by atoms with E-state index in [0.29, 0.717) is 0 Å². The maximum Gasteiger partial charge on any atom is 0.410 e. The lowest BCUT2D eigenvalue weighted by molar-refractivity contribution is -0.199. The van der Waals surface area contributed by atoms with E-state index in [4.69, 9.17) is 9.47 Å². The molecule has 0 spiro atoms. The lowest BCUT2D eigenvalue weighted by Crippen LogP contribution is -2.64. The van der Waals surface area contributed by atoms with Gasteiger partial charge >= 0.3 is 12.1 Å². The monoisotopic (exact) mass is 293 g/mol. The maximum absolute atomic E-state index is 13.6. The topological polar surface area (TPSA) is 55.8 Å². The zero-order chi connectivity index (χ0) is 15.7. The fourth-order valence-corrected chi connectivity index (χ4v) is 2.12. The number of nitrogens with zero attached hydrogens (tertiary/aromatic N) is 1. The summed E-state index contributed by atoms with van der Waals surface area (Å²) in [6.45, 7) is 6.63. The Morgan fingerprint density at radius 3 is 2.30 bits per heavy atom. The van der Waals surface area contributed by atoms with E-state index in [1.54, 1.807) is 27.7 Å². The molecule has 1 fully saturated rings. The van der Waals surface area contributed by atoms with Crippen LogP contribution in [0.25, 0.3) is 0 Å². The highest BCUT2D eigenvalue weighted by molar-refractivity contribution is 5.77. The molecule has 2 atom stereocenters. The minimum absolute atomic E-state index is 0.115. The van der Waals surface area contributed by atoms with Crippen LogP contribution in [0.1, 0.15) is 34.1 Å². The van der Waals surface area contributed by atoms with Crippen molar-refractivity contribution in [2.24, 2.45) is 5.92 Å². The zero-order valence-corrected chi connectivity index (χ0v) is 12.4. The summed E-state index contributed by atoms with van der Waals surface area (Å²) < 4.78 is 37.1. The number of halogens is 2. The average molecular weight is 293 g/mol. The SMILES string of the molecule is CCOC(=O)C1CC(F)(F)C1N(C)C(=O)OC(C)(C)C. The molecular formula is C13H21F2NO4. The minimum Gasteiger partial charge on any atom is -0.466 e. The largest absolute Gasteiger partial charge is 0.466 e. The normalized spacial score (nSPS) is 24.6. The molecule has 20 heavy (non-hydrogen) atoms. The van der Waals surface area contributed by atoms with Gasteiger partial charge in [0.2, 0.25) is 0 Å². The first-order chi connectivity index (χ1) is 8.99. The molecule has 0 radical (unpaired) electrons. The fourth-order valence-electron chi connectivity index (χ4n) is 2.12. The van der Waals surface area contributed by atoms with Gasteiger partial charge in [0.1, 0.15) is 11.6 Å². The van der Waals surface area contributed by atoms with Crippen LogP contribution < -0.4 is 0 Å². The van der Waals surface area contributed by atoms with E-state index in [-0.39, 0.29) is 6.61 Å². The van der Waals surface area contributed by atoms with Crippen molar-refractivity contribution in [3.8, 4) is 0 Å². The van der Waals surface area contributed by atoms with Crippen molar-refractivity contribution < 1.29 is 27.8 Å². The molecule has 0 bridgehead atoms. The first-order valence-corrected chi connectivity index (χ1v) is 6.50. The first kappa shape index (κ1) is 16.7. The van der Waals surface area contributed by atoms with Crippen molar-refractivity contribution in [2.75, 3.05) is 13.7 Å². The van der Waals surface area contributed by atoms with Crippen LogP contribution in [-0.4, -0.2) is 48.2 Å². The molecule has 1 rings (SSSR count). The van der Waals surface area contributed by atoms with Crippen LogP contribution in [0.4, 0.5) is 13.6 Å². The quantitative estimate of drug-likeness (QED) is 0.750. The van der Waals surface area contributed by atoms with Gasteiger partial charge in [-0.3, -0.25) is 4.79 Å². The fraction of sp³-hybridized carbons (Fsp3) is 0.846. The van der Waals surface area contributed by atoms with E-state index in [1.807, 2.05) is 0 Å². The Hall–Kier alpha value is -1.40. The van der Waals surface area contributed by atoms with Crippen LogP contribution >= 0.6 is 0 Å². The molecule has 5 nitrogen and oxygen atoms in total. The summed E-state index contributed by atoms with van der Waals surface area (Å²) in [4.78, 5) is 24.2. The van der Waals surface area contributed by atoms with Crippen molar-refractivity contribution in [3.05, 3.63) is 0 Å². The molecular weight excluding hydrogens is 272 g/mol. The van der Waals surface area contributed by atoms with Crippen molar-refractivity contribution >= 4 is 12.1 Å². The smallest absolute Gasteiger partial charge is 0.410 e. The van der Waals surface area contributed by atoms with Crippen LogP contribution in [0.2, 0.25) is 0 Å². The number of amides is 1. The zero-order valence-electron chi connectivity index (χ0n) is 12.4. The van der Waals surface area contributed by atoms with Gasteiger partial charge in [-0.15, -0.1) is 0 Å². The van der Waals surface area contributed by atoms with Gasteiger partial charge in [0.05, 0.1) is 12.5 Å². The van der Waals surface area contributed by atoms with E-state index >= 15 is 0 Å². The Morgan fingerprint density at radius 2 is 1.90 bits per heavy atom. The summed E-state index contributed by atoms with van der Waals surface area (Å²) in [5.74, 6) is -4.83. The second-order valence-corrected chi connectivity index (χ2v) is 5.86. The Morgan fingerprint density at radius 1 is 1.35 bits per heavy atom. The van der Waals surface area contributed by atoms with Gasteiger partial charge in [0.15, 0.2) is 0 Å². The molecule has 1 aliphatic carbocycles. The number of hydrogen-bond acceptors (Lipinski definition) is 4. The van der Waals surface area contributed by atoms with Crippen LogP contribution in [0.15, 0.2) is 0 Å². The van der Waals surface area contributed by atoms with Gasteiger partial charge in [-0.2, -0.15) is 0 Å². The van der Waals surface area contributed by atoms with Crippen molar-refractivity contribution in [1.29, 1.82) is 0 Å². The van der Waals surface area contributed by atoms with Crippen LogP contribution in [-0.2, 0) is 14.3 Å². The first-order valence-electron chi connectivity index (χ1n) is 6.50. The summed E-state index contributed by atoms with van der Waals surface area (Å²) in [6, 6.07) is -1.52. The Labute approximate surface area is 117 Å². The van der Waals surface area contributed by atoms with E-state index < -0.39 is 42.0 Å². The number of alkyl halides is 2. The van der Waals surface area contributed by atoms with Gasteiger partial charge in [-0.05, 0) is 27.7 Å². The summed E-state index contributed by atoms with van der Waals surface area (Å²) in [5.41, 5.74) is -0.788. The highest BCUT2D eigenvalue weighted by Crippen LogP contribution is 2.46. The summed E-state index contributed by atoms with van der Waals surface area (Å²) in [7, 11) is 1.21. The number of carbonyl (C=O) groups is 2. The second-order valence-electron chi connectivity index (χ2n) is 5.86. The third-order valence-corrected chi connectivity index (χ3v) is 2.99. The average Bonchev–Trinajstić information content (AvgIpc) is 2.24. The molecule has 7 heteroatoms. The molecule has 1 saturated carbocycles. The third kappa shape index (κ3) is 3.58. The Bertz CT molecular complexity index is 392. The molecule has 0 aromatic rings. The second kappa shape index (κ2) is 5.54. The van der Waals surface area contributed by atoms with Crippen LogP contribution in [0.5, 0.6) is 0 Å². The van der Waals surface area contributed by atoms with Gasteiger partial charge in [-0.1, -0.05) is 0 Å². The van der Waals surface area contributed by atoms with E-state index in [9.17, 15) is 18.4 Å². The predicted molar refractivity (Wildman–Crippen MR) is 67.5 cm³/mol. The number of esters is 1. The third-order valence-electron chi connectivity index (χ3n) is 2.99. The molecule has 0 N–H and O–H groups in total. The van der Waals surface area contributed by atoms with Crippen LogP contribution in [0.3, 0.4) is 0 Å². The molecule has 0 aromatic heterocycles. The highest BCUT2D eigenvalue weighted by atomic mass is 19.3. The summed E-state index contributed by atoms with van der Waals surface area (Å²) in [6.07, 6.45) is -1.49. The standard InChI is InChI=1S/C13H21F2NO4/c1-6-19-10(17)8-7-13(14,15)9(8)16(5)11(18)20-12(2,3)4/h8-9H,6-7H2,1-5H3. The summed E-state index contributed by atoms with van der Waals surface area (Å²) in [5, 5.41) is 0. The van der Waals surface area contributed by atoms with Crippen molar-refractivity contribution in [2.45, 2.75) is 51.7 Å². The Balaban J connectivity index is 2.79. The van der Waals surface area contributed by atoms with Crippen molar-refractivity contribution in [3.63, 3.8) is 0 Å². The molecule has 0 aromatic carbocycles. The molecule has 1 amide bonds. The maximum atomic E-state index is 13.6. The van der Waals surface area contributed by atoms with Gasteiger partial charge in [0, 0.05) is 13.5 Å².